The highest BCUT2D eigenvalue weighted by atomic mass is 35.5. The molecule has 0 aliphatic heterocycles. The Hall–Kier alpha value is -2.50. The molecule has 0 aliphatic rings. The van der Waals surface area contributed by atoms with E-state index in [1.807, 2.05) is 35.0 Å². The summed E-state index contributed by atoms with van der Waals surface area (Å²) in [5.41, 5.74) is 2.49. The molecule has 1 heterocycles. The summed E-state index contributed by atoms with van der Waals surface area (Å²) >= 11 is 12.3. The van der Waals surface area contributed by atoms with Crippen LogP contribution < -0.4 is 10.1 Å². The number of hydrogen-bond acceptors (Lipinski definition) is 3. The Morgan fingerprint density at radius 3 is 2.50 bits per heavy atom. The molecule has 7 heteroatoms. The quantitative estimate of drug-likeness (QED) is 0.679. The Morgan fingerprint density at radius 1 is 1.15 bits per heavy atom. The van der Waals surface area contributed by atoms with Crippen molar-refractivity contribution in [3.05, 3.63) is 76.3 Å². The topological polar surface area (TPSA) is 56.2 Å². The SMILES string of the molecule is CC(=O)NCc1cn(-c2ccc(OCc3c(Cl)cccc3Cl)cc2)cn1. The van der Waals surface area contributed by atoms with E-state index in [2.05, 4.69) is 10.3 Å². The summed E-state index contributed by atoms with van der Waals surface area (Å²) in [7, 11) is 0. The van der Waals surface area contributed by atoms with Gasteiger partial charge in [-0.3, -0.25) is 4.79 Å². The van der Waals surface area contributed by atoms with Crippen molar-refractivity contribution in [2.75, 3.05) is 0 Å². The second-order valence-electron chi connectivity index (χ2n) is 5.66. The van der Waals surface area contributed by atoms with Crippen LogP contribution in [0.2, 0.25) is 10.0 Å². The molecule has 0 spiro atoms. The molecule has 0 saturated carbocycles. The van der Waals surface area contributed by atoms with E-state index in [1.54, 1.807) is 24.5 Å². The molecule has 0 radical (unpaired) electrons. The number of benzene rings is 2. The van der Waals surface area contributed by atoms with Crippen LogP contribution in [0.15, 0.2) is 55.0 Å². The molecule has 0 atom stereocenters. The fourth-order valence-electron chi connectivity index (χ4n) is 2.35. The largest absolute Gasteiger partial charge is 0.489 e. The van der Waals surface area contributed by atoms with Gasteiger partial charge < -0.3 is 14.6 Å². The summed E-state index contributed by atoms with van der Waals surface area (Å²) in [6.07, 6.45) is 3.58. The number of halogens is 2. The molecule has 134 valence electrons. The van der Waals surface area contributed by atoms with Crippen molar-refractivity contribution >= 4 is 29.1 Å². The predicted octanol–water partition coefficient (Wildman–Crippen LogP) is 4.39. The monoisotopic (exact) mass is 389 g/mol. The number of hydrogen-bond donors (Lipinski definition) is 1. The minimum atomic E-state index is -0.0836. The minimum Gasteiger partial charge on any atom is -0.489 e. The average molecular weight is 390 g/mol. The Labute approximate surface area is 161 Å². The van der Waals surface area contributed by atoms with Crippen molar-refractivity contribution in [3.8, 4) is 11.4 Å². The van der Waals surface area contributed by atoms with Crippen LogP contribution in [-0.4, -0.2) is 15.5 Å². The summed E-state index contributed by atoms with van der Waals surface area (Å²) in [6.45, 7) is 2.18. The number of nitrogens with zero attached hydrogens (tertiary/aromatic N) is 2. The van der Waals surface area contributed by atoms with Gasteiger partial charge in [-0.15, -0.1) is 0 Å². The number of amides is 1. The highest BCUT2D eigenvalue weighted by Gasteiger charge is 2.07. The van der Waals surface area contributed by atoms with Crippen molar-refractivity contribution < 1.29 is 9.53 Å². The van der Waals surface area contributed by atoms with Gasteiger partial charge in [-0.1, -0.05) is 29.3 Å². The van der Waals surface area contributed by atoms with Crippen molar-refractivity contribution in [2.45, 2.75) is 20.1 Å². The van der Waals surface area contributed by atoms with E-state index in [9.17, 15) is 4.79 Å². The van der Waals surface area contributed by atoms with Crippen molar-refractivity contribution in [2.24, 2.45) is 0 Å². The molecule has 26 heavy (non-hydrogen) atoms. The normalized spacial score (nSPS) is 10.6. The van der Waals surface area contributed by atoms with E-state index >= 15 is 0 Å². The fraction of sp³-hybridized carbons (Fsp3) is 0.158. The highest BCUT2D eigenvalue weighted by Crippen LogP contribution is 2.26. The molecule has 5 nitrogen and oxygen atoms in total. The summed E-state index contributed by atoms with van der Waals surface area (Å²) in [5, 5.41) is 3.89. The Bertz CT molecular complexity index is 887. The number of aromatic nitrogens is 2. The lowest BCUT2D eigenvalue weighted by atomic mass is 10.2. The maximum Gasteiger partial charge on any atom is 0.217 e. The molecule has 0 bridgehead atoms. The van der Waals surface area contributed by atoms with Gasteiger partial charge in [0.15, 0.2) is 0 Å². The fourth-order valence-corrected chi connectivity index (χ4v) is 2.86. The van der Waals surface area contributed by atoms with Gasteiger partial charge in [-0.25, -0.2) is 4.98 Å². The van der Waals surface area contributed by atoms with Gasteiger partial charge in [-0.2, -0.15) is 0 Å². The third-order valence-corrected chi connectivity index (χ3v) is 4.44. The van der Waals surface area contributed by atoms with Gasteiger partial charge in [0.05, 0.1) is 18.6 Å². The van der Waals surface area contributed by atoms with E-state index < -0.39 is 0 Å². The van der Waals surface area contributed by atoms with E-state index in [-0.39, 0.29) is 5.91 Å². The van der Waals surface area contributed by atoms with Gasteiger partial charge in [0.1, 0.15) is 12.4 Å². The molecular weight excluding hydrogens is 373 g/mol. The molecule has 0 aliphatic carbocycles. The van der Waals surface area contributed by atoms with Gasteiger partial charge in [0.25, 0.3) is 0 Å². The zero-order valence-corrected chi connectivity index (χ0v) is 15.6. The number of nitrogens with one attached hydrogen (secondary N) is 1. The maximum absolute atomic E-state index is 11.0. The Morgan fingerprint density at radius 2 is 1.85 bits per heavy atom. The summed E-state index contributed by atoms with van der Waals surface area (Å²) < 4.78 is 7.65. The number of rotatable bonds is 6. The van der Waals surface area contributed by atoms with Gasteiger partial charge in [0, 0.05) is 34.4 Å². The molecule has 0 fully saturated rings. The van der Waals surface area contributed by atoms with Crippen LogP contribution >= 0.6 is 23.2 Å². The molecule has 1 N–H and O–H groups in total. The van der Waals surface area contributed by atoms with Crippen LogP contribution in [-0.2, 0) is 17.9 Å². The van der Waals surface area contributed by atoms with Crippen molar-refractivity contribution in [1.29, 1.82) is 0 Å². The first-order chi connectivity index (χ1) is 12.5. The number of carbonyl (C=O) groups is 1. The first-order valence-corrected chi connectivity index (χ1v) is 8.72. The van der Waals surface area contributed by atoms with E-state index in [0.29, 0.717) is 28.9 Å². The lowest BCUT2D eigenvalue weighted by Crippen LogP contribution is -2.18. The Balaban J connectivity index is 1.64. The minimum absolute atomic E-state index is 0.0836. The molecule has 3 rings (SSSR count). The van der Waals surface area contributed by atoms with Crippen LogP contribution in [0.3, 0.4) is 0 Å². The van der Waals surface area contributed by atoms with Crippen LogP contribution in [0.4, 0.5) is 0 Å². The van der Waals surface area contributed by atoms with Crippen LogP contribution in [0.1, 0.15) is 18.2 Å². The summed E-state index contributed by atoms with van der Waals surface area (Å²) in [4.78, 5) is 15.2. The zero-order valence-electron chi connectivity index (χ0n) is 14.1. The molecule has 0 saturated heterocycles. The smallest absolute Gasteiger partial charge is 0.217 e. The van der Waals surface area contributed by atoms with Gasteiger partial charge in [-0.05, 0) is 36.4 Å². The summed E-state index contributed by atoms with van der Waals surface area (Å²) in [5.74, 6) is 0.628. The molecule has 1 amide bonds. The van der Waals surface area contributed by atoms with Crippen molar-refractivity contribution in [1.82, 2.24) is 14.9 Å². The third kappa shape index (κ3) is 4.56. The standard InChI is InChI=1S/C19H17Cl2N3O2/c1-13(25)22-9-14-10-24(12-23-14)15-5-7-16(8-6-15)26-11-17-18(20)3-2-4-19(17)21/h2-8,10,12H,9,11H2,1H3,(H,22,25). The van der Waals surface area contributed by atoms with E-state index in [1.165, 1.54) is 6.92 Å². The lowest BCUT2D eigenvalue weighted by molar-refractivity contribution is -0.119. The molecule has 2 aromatic carbocycles. The van der Waals surface area contributed by atoms with Gasteiger partial charge in [0.2, 0.25) is 5.91 Å². The van der Waals surface area contributed by atoms with E-state index in [4.69, 9.17) is 27.9 Å². The second-order valence-corrected chi connectivity index (χ2v) is 6.48. The number of carbonyl (C=O) groups excluding carboxylic acids is 1. The zero-order chi connectivity index (χ0) is 18.5. The molecule has 3 aromatic rings. The second kappa shape index (κ2) is 8.25. The number of imidazole rings is 1. The highest BCUT2D eigenvalue weighted by molar-refractivity contribution is 6.35. The summed E-state index contributed by atoms with van der Waals surface area (Å²) in [6, 6.07) is 13.0. The molecule has 1 aromatic heterocycles. The lowest BCUT2D eigenvalue weighted by Gasteiger charge is -2.10. The molecule has 0 unspecified atom stereocenters. The van der Waals surface area contributed by atoms with Crippen LogP contribution in [0.25, 0.3) is 5.69 Å². The predicted molar refractivity (Wildman–Crippen MR) is 102 cm³/mol. The maximum atomic E-state index is 11.0. The first-order valence-electron chi connectivity index (χ1n) is 7.96. The number of ether oxygens (including phenoxy) is 1. The van der Waals surface area contributed by atoms with Crippen LogP contribution in [0, 0.1) is 0 Å². The van der Waals surface area contributed by atoms with Crippen LogP contribution in [0.5, 0.6) is 5.75 Å². The van der Waals surface area contributed by atoms with Crippen molar-refractivity contribution in [3.63, 3.8) is 0 Å². The molecular formula is C19H17Cl2N3O2. The first kappa shape index (κ1) is 18.3. The van der Waals surface area contributed by atoms with Gasteiger partial charge >= 0.3 is 0 Å². The Kier molecular flexibility index (Phi) is 5.81. The average Bonchev–Trinajstić information content (AvgIpc) is 3.09. The van der Waals surface area contributed by atoms with E-state index in [0.717, 1.165) is 16.9 Å². The third-order valence-electron chi connectivity index (χ3n) is 3.73.